The lowest BCUT2D eigenvalue weighted by Crippen LogP contribution is -2.65. The van der Waals surface area contributed by atoms with Crippen LogP contribution in [0.15, 0.2) is 75.6 Å². The van der Waals surface area contributed by atoms with Gasteiger partial charge >= 0.3 is 5.97 Å². The van der Waals surface area contributed by atoms with Gasteiger partial charge in [0.1, 0.15) is 11.7 Å². The maximum atomic E-state index is 13.5. The SMILES string of the molecule is CCOC(=O)[C@@H](/N=C1\C[C@@H]2C[C@@H](C2(C)C)[C@]1(C)O)[C@@H](O)/C(=C/N)c1ccccc1S(=O)(=O)c1ccccc1. The van der Waals surface area contributed by atoms with Crippen molar-refractivity contribution in [1.29, 1.82) is 0 Å². The van der Waals surface area contributed by atoms with Crippen LogP contribution in [0.2, 0.25) is 0 Å². The van der Waals surface area contributed by atoms with Crippen LogP contribution in [0.25, 0.3) is 5.57 Å². The first kappa shape index (κ1) is 28.0. The van der Waals surface area contributed by atoms with Crippen molar-refractivity contribution in [2.24, 2.45) is 28.0 Å². The molecule has 3 aliphatic rings. The molecule has 0 aromatic heterocycles. The number of ether oxygens (including phenoxy) is 1. The highest BCUT2D eigenvalue weighted by molar-refractivity contribution is 7.91. The van der Waals surface area contributed by atoms with Crippen molar-refractivity contribution in [3.63, 3.8) is 0 Å². The summed E-state index contributed by atoms with van der Waals surface area (Å²) < 4.78 is 32.2. The van der Waals surface area contributed by atoms with Crippen molar-refractivity contribution in [3.8, 4) is 0 Å². The normalized spacial score (nSPS) is 27.3. The van der Waals surface area contributed by atoms with Crippen molar-refractivity contribution in [2.45, 2.75) is 68.1 Å². The van der Waals surface area contributed by atoms with Gasteiger partial charge < -0.3 is 20.7 Å². The first-order valence-corrected chi connectivity index (χ1v) is 14.3. The Morgan fingerprint density at radius 3 is 2.37 bits per heavy atom. The molecule has 4 N–H and O–H groups in total. The minimum absolute atomic E-state index is 0.0171. The van der Waals surface area contributed by atoms with Crippen molar-refractivity contribution in [1.82, 2.24) is 0 Å². The summed E-state index contributed by atoms with van der Waals surface area (Å²) in [6.07, 6.45) is 0.820. The van der Waals surface area contributed by atoms with E-state index in [4.69, 9.17) is 10.5 Å². The molecule has 3 fully saturated rings. The van der Waals surface area contributed by atoms with Crippen LogP contribution in [0.5, 0.6) is 0 Å². The van der Waals surface area contributed by atoms with E-state index in [1.165, 1.54) is 24.3 Å². The fraction of sp³-hybridized carbons (Fsp3) is 0.448. The van der Waals surface area contributed by atoms with E-state index in [9.17, 15) is 23.4 Å². The Kier molecular flexibility index (Phi) is 7.58. The molecule has 2 aromatic rings. The molecular formula is C29H36N2O6S. The minimum atomic E-state index is -3.97. The minimum Gasteiger partial charge on any atom is -0.464 e. The van der Waals surface area contributed by atoms with E-state index in [2.05, 4.69) is 18.8 Å². The quantitative estimate of drug-likeness (QED) is 0.436. The van der Waals surface area contributed by atoms with Crippen LogP contribution >= 0.6 is 0 Å². The molecule has 0 heterocycles. The Labute approximate surface area is 224 Å². The molecule has 0 saturated heterocycles. The topological polar surface area (TPSA) is 139 Å². The number of aliphatic hydroxyl groups is 2. The molecule has 5 rings (SSSR count). The van der Waals surface area contributed by atoms with E-state index in [-0.39, 0.29) is 38.9 Å². The smallest absolute Gasteiger partial charge is 0.333 e. The van der Waals surface area contributed by atoms with Crippen molar-refractivity contribution in [2.75, 3.05) is 6.61 Å². The molecule has 0 unspecified atom stereocenters. The van der Waals surface area contributed by atoms with Crippen molar-refractivity contribution < 1.29 is 28.2 Å². The third-order valence-electron chi connectivity index (χ3n) is 8.33. The van der Waals surface area contributed by atoms with Gasteiger partial charge in [0.15, 0.2) is 6.04 Å². The number of fused-ring (bicyclic) bond motifs is 2. The highest BCUT2D eigenvalue weighted by atomic mass is 32.2. The third kappa shape index (κ3) is 4.67. The summed E-state index contributed by atoms with van der Waals surface area (Å²) in [7, 11) is -3.97. The maximum Gasteiger partial charge on any atom is 0.333 e. The number of rotatable bonds is 8. The fourth-order valence-electron chi connectivity index (χ4n) is 5.97. The predicted molar refractivity (Wildman–Crippen MR) is 145 cm³/mol. The number of carbonyl (C=O) groups excluding carboxylic acids is 1. The second kappa shape index (κ2) is 10.3. The monoisotopic (exact) mass is 540 g/mol. The molecule has 8 nitrogen and oxygen atoms in total. The summed E-state index contributed by atoms with van der Waals surface area (Å²) in [5.41, 5.74) is 5.23. The van der Waals surface area contributed by atoms with E-state index >= 15 is 0 Å². The largest absolute Gasteiger partial charge is 0.464 e. The number of benzene rings is 2. The van der Waals surface area contributed by atoms with E-state index < -0.39 is 33.6 Å². The van der Waals surface area contributed by atoms with Crippen LogP contribution in [0, 0.1) is 17.3 Å². The lowest BCUT2D eigenvalue weighted by molar-refractivity contribution is -0.146. The second-order valence-corrected chi connectivity index (χ2v) is 12.7. The molecule has 0 aliphatic heterocycles. The molecule has 3 aliphatic carbocycles. The molecule has 38 heavy (non-hydrogen) atoms. The summed E-state index contributed by atoms with van der Waals surface area (Å²) >= 11 is 0. The summed E-state index contributed by atoms with van der Waals surface area (Å²) in [4.78, 5) is 17.7. The van der Waals surface area contributed by atoms with Crippen molar-refractivity contribution >= 4 is 27.1 Å². The van der Waals surface area contributed by atoms with Crippen molar-refractivity contribution in [3.05, 3.63) is 66.4 Å². The number of aliphatic imine (C=N–C) groups is 1. The standard InChI is InChI=1S/C29H36N2O6S/c1-5-37-27(33)25(31-24-16-18-15-23(28(18,2)3)29(24,4)34)26(32)21(17-30)20-13-9-10-14-22(20)38(35,36)19-11-7-6-8-12-19/h6-14,17-18,23,25-26,32,34H,5,15-16,30H2,1-4H3/b21-17+,31-24+/t18-,23-,25-,26-,29-/m0/s1. The van der Waals surface area contributed by atoms with Gasteiger partial charge in [0.2, 0.25) is 9.84 Å². The zero-order valence-electron chi connectivity index (χ0n) is 22.2. The zero-order chi connectivity index (χ0) is 27.9. The van der Waals surface area contributed by atoms with Gasteiger partial charge in [0.05, 0.1) is 16.4 Å². The number of hydrogen-bond acceptors (Lipinski definition) is 8. The molecule has 0 spiro atoms. The Balaban J connectivity index is 1.77. The summed E-state index contributed by atoms with van der Waals surface area (Å²) in [6.45, 7) is 7.64. The van der Waals surface area contributed by atoms with Gasteiger partial charge in [-0.2, -0.15) is 0 Å². The fourth-order valence-corrected chi connectivity index (χ4v) is 7.47. The molecule has 5 atom stereocenters. The molecule has 3 saturated carbocycles. The van der Waals surface area contributed by atoms with E-state index in [1.807, 2.05) is 0 Å². The van der Waals surface area contributed by atoms with E-state index in [0.29, 0.717) is 18.1 Å². The van der Waals surface area contributed by atoms with E-state index in [0.717, 1.165) is 12.6 Å². The molecular weight excluding hydrogens is 504 g/mol. The van der Waals surface area contributed by atoms with Gasteiger partial charge in [-0.3, -0.25) is 4.99 Å². The number of esters is 1. The number of hydrogen-bond donors (Lipinski definition) is 3. The Bertz CT molecular complexity index is 1360. The lowest BCUT2D eigenvalue weighted by atomic mass is 9.44. The van der Waals surface area contributed by atoms with Gasteiger partial charge in [0.25, 0.3) is 0 Å². The lowest BCUT2D eigenvalue weighted by Gasteiger charge is -2.62. The molecule has 2 aromatic carbocycles. The number of carbonyl (C=O) groups is 1. The average molecular weight is 541 g/mol. The van der Waals surface area contributed by atoms with Crippen LogP contribution in [0.4, 0.5) is 0 Å². The van der Waals surface area contributed by atoms with Gasteiger partial charge in [0, 0.05) is 23.0 Å². The molecule has 9 heteroatoms. The summed E-state index contributed by atoms with van der Waals surface area (Å²) in [6, 6.07) is 12.7. The van der Waals surface area contributed by atoms with Gasteiger partial charge in [-0.05, 0) is 62.1 Å². The molecule has 204 valence electrons. The third-order valence-corrected chi connectivity index (χ3v) is 10.2. The number of nitrogens with two attached hydrogens (primary N) is 1. The molecule has 2 bridgehead atoms. The highest BCUT2D eigenvalue weighted by Crippen LogP contribution is 2.61. The number of nitrogens with zero attached hydrogens (tertiary/aromatic N) is 1. The first-order chi connectivity index (χ1) is 17.9. The highest BCUT2D eigenvalue weighted by Gasteiger charge is 2.62. The summed E-state index contributed by atoms with van der Waals surface area (Å²) in [5, 5.41) is 23.0. The van der Waals surface area contributed by atoms with Crippen LogP contribution in [-0.4, -0.2) is 54.7 Å². The maximum absolute atomic E-state index is 13.5. The molecule has 0 amide bonds. The average Bonchev–Trinajstić information content (AvgIpc) is 2.88. The van der Waals surface area contributed by atoms with Gasteiger partial charge in [-0.15, -0.1) is 0 Å². The molecule has 0 radical (unpaired) electrons. The summed E-state index contributed by atoms with van der Waals surface area (Å²) in [5.74, 6) is -0.522. The first-order valence-electron chi connectivity index (χ1n) is 12.8. The Morgan fingerprint density at radius 1 is 1.16 bits per heavy atom. The second-order valence-electron chi connectivity index (χ2n) is 10.8. The zero-order valence-corrected chi connectivity index (χ0v) is 23.0. The number of aliphatic hydroxyl groups excluding tert-OH is 1. The Morgan fingerprint density at radius 2 is 1.79 bits per heavy atom. The van der Waals surface area contributed by atoms with Crippen LogP contribution < -0.4 is 5.73 Å². The van der Waals surface area contributed by atoms with Gasteiger partial charge in [-0.1, -0.05) is 50.2 Å². The van der Waals surface area contributed by atoms with Gasteiger partial charge in [-0.25, -0.2) is 13.2 Å². The van der Waals surface area contributed by atoms with Crippen LogP contribution in [0.1, 0.15) is 46.1 Å². The Hall–Kier alpha value is -3.01. The van der Waals surface area contributed by atoms with Crippen LogP contribution in [-0.2, 0) is 19.4 Å². The van der Waals surface area contributed by atoms with Crippen LogP contribution in [0.3, 0.4) is 0 Å². The predicted octanol–water partition coefficient (Wildman–Crippen LogP) is 3.37. The number of sulfone groups is 1. The van der Waals surface area contributed by atoms with E-state index in [1.54, 1.807) is 44.2 Å².